The van der Waals surface area contributed by atoms with Gasteiger partial charge in [-0.3, -0.25) is 4.79 Å². The minimum absolute atomic E-state index is 0.0376. The molecule has 0 aromatic carbocycles. The van der Waals surface area contributed by atoms with E-state index in [1.165, 1.54) is 0 Å². The summed E-state index contributed by atoms with van der Waals surface area (Å²) >= 11 is 3.24. The average molecular weight is 261 g/mol. The average Bonchev–Trinajstić information content (AvgIpc) is 2.61. The molecule has 5 heteroatoms. The van der Waals surface area contributed by atoms with Gasteiger partial charge in [0.15, 0.2) is 0 Å². The summed E-state index contributed by atoms with van der Waals surface area (Å²) in [5.74, 6) is -0.198. The molecular formula is C9H13BrN2O2. The van der Waals surface area contributed by atoms with E-state index < -0.39 is 0 Å². The van der Waals surface area contributed by atoms with Crippen LogP contribution in [0.5, 0.6) is 0 Å². The summed E-state index contributed by atoms with van der Waals surface area (Å²) in [4.78, 5) is 14.3. The first-order valence-corrected chi connectivity index (χ1v) is 5.22. The zero-order valence-electron chi connectivity index (χ0n) is 7.88. The number of H-pyrrole nitrogens is 1. The van der Waals surface area contributed by atoms with Gasteiger partial charge in [-0.15, -0.1) is 0 Å². The Morgan fingerprint density at radius 3 is 2.93 bits per heavy atom. The number of aromatic amines is 1. The third-order valence-corrected chi connectivity index (χ3v) is 2.40. The van der Waals surface area contributed by atoms with E-state index in [1.807, 2.05) is 6.92 Å². The van der Waals surface area contributed by atoms with Crippen LogP contribution < -0.4 is 5.32 Å². The molecule has 1 amide bonds. The number of halogens is 1. The molecule has 14 heavy (non-hydrogen) atoms. The van der Waals surface area contributed by atoms with Gasteiger partial charge in [0, 0.05) is 10.7 Å². The zero-order valence-corrected chi connectivity index (χ0v) is 9.47. The summed E-state index contributed by atoms with van der Waals surface area (Å²) in [5.41, 5.74) is 0.490. The van der Waals surface area contributed by atoms with Crippen LogP contribution >= 0.6 is 15.9 Å². The third kappa shape index (κ3) is 2.85. The SMILES string of the molecule is CC[C@H](CO)NC(=O)c1cc(Br)c[nH]1. The fourth-order valence-electron chi connectivity index (χ4n) is 1.04. The predicted octanol–water partition coefficient (Wildman–Crippen LogP) is 1.28. The van der Waals surface area contributed by atoms with Crippen molar-refractivity contribution in [2.75, 3.05) is 6.61 Å². The number of hydrogen-bond acceptors (Lipinski definition) is 2. The highest BCUT2D eigenvalue weighted by molar-refractivity contribution is 9.10. The standard InChI is InChI=1S/C9H13BrN2O2/c1-2-7(5-13)12-9(14)8-3-6(10)4-11-8/h3-4,7,11,13H,2,5H2,1H3,(H,12,14)/t7-/m1/s1. The molecule has 0 saturated carbocycles. The van der Waals surface area contributed by atoms with Gasteiger partial charge in [0.05, 0.1) is 12.6 Å². The van der Waals surface area contributed by atoms with Gasteiger partial charge in [0.25, 0.3) is 5.91 Å². The molecule has 1 rings (SSSR count). The maximum absolute atomic E-state index is 11.5. The Morgan fingerprint density at radius 1 is 1.79 bits per heavy atom. The normalized spacial score (nSPS) is 12.5. The summed E-state index contributed by atoms with van der Waals surface area (Å²) in [7, 11) is 0. The van der Waals surface area contributed by atoms with E-state index in [2.05, 4.69) is 26.2 Å². The second-order valence-corrected chi connectivity index (χ2v) is 3.91. The molecule has 78 valence electrons. The minimum atomic E-state index is -0.198. The summed E-state index contributed by atoms with van der Waals surface area (Å²) in [6, 6.07) is 1.52. The quantitative estimate of drug-likeness (QED) is 0.764. The maximum atomic E-state index is 11.5. The van der Waals surface area contributed by atoms with Crippen LogP contribution in [0.25, 0.3) is 0 Å². The largest absolute Gasteiger partial charge is 0.394 e. The summed E-state index contributed by atoms with van der Waals surface area (Å²) in [6.07, 6.45) is 2.40. The van der Waals surface area contributed by atoms with Crippen molar-refractivity contribution in [3.63, 3.8) is 0 Å². The Labute approximate surface area is 90.8 Å². The van der Waals surface area contributed by atoms with E-state index in [-0.39, 0.29) is 18.6 Å². The molecule has 0 radical (unpaired) electrons. The first kappa shape index (κ1) is 11.3. The van der Waals surface area contributed by atoms with Crippen LogP contribution in [0.2, 0.25) is 0 Å². The molecule has 0 spiro atoms. The lowest BCUT2D eigenvalue weighted by atomic mass is 10.2. The molecule has 0 unspecified atom stereocenters. The number of aromatic nitrogens is 1. The first-order valence-electron chi connectivity index (χ1n) is 4.43. The van der Waals surface area contributed by atoms with Gasteiger partial charge >= 0.3 is 0 Å². The van der Waals surface area contributed by atoms with Gasteiger partial charge in [-0.2, -0.15) is 0 Å². The van der Waals surface area contributed by atoms with Gasteiger partial charge in [-0.25, -0.2) is 0 Å². The molecule has 0 aliphatic heterocycles. The lowest BCUT2D eigenvalue weighted by Gasteiger charge is -2.12. The van der Waals surface area contributed by atoms with Crippen LogP contribution in [0.15, 0.2) is 16.7 Å². The molecule has 0 aliphatic rings. The van der Waals surface area contributed by atoms with E-state index >= 15 is 0 Å². The predicted molar refractivity (Wildman–Crippen MR) is 57.1 cm³/mol. The second kappa shape index (κ2) is 5.17. The molecular weight excluding hydrogens is 248 g/mol. The van der Waals surface area contributed by atoms with Crippen LogP contribution in [-0.4, -0.2) is 28.6 Å². The highest BCUT2D eigenvalue weighted by Crippen LogP contribution is 2.10. The Bertz CT molecular complexity index is 308. The van der Waals surface area contributed by atoms with Gasteiger partial charge in [-0.1, -0.05) is 6.92 Å². The summed E-state index contributed by atoms with van der Waals surface area (Å²) in [5, 5.41) is 11.6. The topological polar surface area (TPSA) is 65.1 Å². The van der Waals surface area contributed by atoms with Crippen molar-refractivity contribution in [1.82, 2.24) is 10.3 Å². The Balaban J connectivity index is 2.58. The maximum Gasteiger partial charge on any atom is 0.268 e. The van der Waals surface area contributed by atoms with Crippen LogP contribution in [0.1, 0.15) is 23.8 Å². The van der Waals surface area contributed by atoms with Gasteiger partial charge in [-0.05, 0) is 28.4 Å². The van der Waals surface area contributed by atoms with E-state index in [0.717, 1.165) is 4.47 Å². The number of carbonyl (C=O) groups is 1. The Morgan fingerprint density at radius 2 is 2.50 bits per heavy atom. The zero-order chi connectivity index (χ0) is 10.6. The van der Waals surface area contributed by atoms with E-state index in [1.54, 1.807) is 12.3 Å². The Hall–Kier alpha value is -0.810. The van der Waals surface area contributed by atoms with Crippen molar-refractivity contribution in [1.29, 1.82) is 0 Å². The highest BCUT2D eigenvalue weighted by Gasteiger charge is 2.12. The van der Waals surface area contributed by atoms with Crippen molar-refractivity contribution in [3.8, 4) is 0 Å². The van der Waals surface area contributed by atoms with Crippen molar-refractivity contribution in [2.45, 2.75) is 19.4 Å². The smallest absolute Gasteiger partial charge is 0.268 e. The molecule has 4 nitrogen and oxygen atoms in total. The van der Waals surface area contributed by atoms with Crippen molar-refractivity contribution >= 4 is 21.8 Å². The monoisotopic (exact) mass is 260 g/mol. The number of amides is 1. The lowest BCUT2D eigenvalue weighted by molar-refractivity contribution is 0.0910. The molecule has 0 fully saturated rings. The van der Waals surface area contributed by atoms with Crippen LogP contribution in [-0.2, 0) is 0 Å². The highest BCUT2D eigenvalue weighted by atomic mass is 79.9. The molecule has 1 aromatic heterocycles. The molecule has 1 aromatic rings. The second-order valence-electron chi connectivity index (χ2n) is 2.99. The number of rotatable bonds is 4. The fourth-order valence-corrected chi connectivity index (χ4v) is 1.38. The third-order valence-electron chi connectivity index (χ3n) is 1.94. The fraction of sp³-hybridized carbons (Fsp3) is 0.444. The van der Waals surface area contributed by atoms with Crippen molar-refractivity contribution in [3.05, 3.63) is 22.4 Å². The molecule has 3 N–H and O–H groups in total. The summed E-state index contributed by atoms with van der Waals surface area (Å²) in [6.45, 7) is 1.87. The molecule has 0 bridgehead atoms. The number of nitrogens with one attached hydrogen (secondary N) is 2. The number of carbonyl (C=O) groups excluding carboxylic acids is 1. The van der Waals surface area contributed by atoms with E-state index in [9.17, 15) is 4.79 Å². The van der Waals surface area contributed by atoms with E-state index in [4.69, 9.17) is 5.11 Å². The number of hydrogen-bond donors (Lipinski definition) is 3. The minimum Gasteiger partial charge on any atom is -0.394 e. The van der Waals surface area contributed by atoms with Gasteiger partial charge in [0.2, 0.25) is 0 Å². The molecule has 0 saturated heterocycles. The van der Waals surface area contributed by atoms with Crippen molar-refractivity contribution in [2.24, 2.45) is 0 Å². The number of aliphatic hydroxyl groups excluding tert-OH is 1. The Kier molecular flexibility index (Phi) is 4.16. The molecule has 1 heterocycles. The van der Waals surface area contributed by atoms with Crippen LogP contribution in [0.4, 0.5) is 0 Å². The van der Waals surface area contributed by atoms with Gasteiger partial charge in [0.1, 0.15) is 5.69 Å². The van der Waals surface area contributed by atoms with Crippen molar-refractivity contribution < 1.29 is 9.90 Å². The van der Waals surface area contributed by atoms with Crippen LogP contribution in [0.3, 0.4) is 0 Å². The number of aliphatic hydroxyl groups is 1. The van der Waals surface area contributed by atoms with Crippen LogP contribution in [0, 0.1) is 0 Å². The van der Waals surface area contributed by atoms with Gasteiger partial charge < -0.3 is 15.4 Å². The lowest BCUT2D eigenvalue weighted by Crippen LogP contribution is -2.37. The molecule has 0 aliphatic carbocycles. The summed E-state index contributed by atoms with van der Waals surface area (Å²) < 4.78 is 0.833. The van der Waals surface area contributed by atoms with E-state index in [0.29, 0.717) is 12.1 Å². The first-order chi connectivity index (χ1) is 6.67. The molecule has 1 atom stereocenters.